The second-order valence-corrected chi connectivity index (χ2v) is 6.64. The number of rotatable bonds is 5. The average Bonchev–Trinajstić information content (AvgIpc) is 2.61. The minimum Gasteiger partial charge on any atom is -0.508 e. The minimum absolute atomic E-state index is 0.128. The molecule has 0 spiro atoms. The van der Waals surface area contributed by atoms with Crippen LogP contribution >= 0.6 is 0 Å². The van der Waals surface area contributed by atoms with Crippen LogP contribution in [0.1, 0.15) is 32.1 Å². The summed E-state index contributed by atoms with van der Waals surface area (Å²) < 4.78 is 0. The number of aromatic hydroxyl groups is 1. The highest BCUT2D eigenvalue weighted by molar-refractivity contribution is 6.03. The van der Waals surface area contributed by atoms with Gasteiger partial charge in [0, 0.05) is 18.9 Å². The average molecular weight is 326 g/mol. The number of carbonyl (C=O) groups excluding carboxylic acids is 1. The number of benzene rings is 2. The number of anilines is 1. The third-order valence-corrected chi connectivity index (χ3v) is 4.89. The topological polar surface area (TPSA) is 43.8 Å². The lowest BCUT2D eigenvalue weighted by atomic mass is 10.1. The molecule has 0 aromatic heterocycles. The summed E-state index contributed by atoms with van der Waals surface area (Å²) in [6.45, 7) is 3.36. The highest BCUT2D eigenvalue weighted by Crippen LogP contribution is 2.29. The van der Waals surface area contributed by atoms with E-state index in [1.807, 2.05) is 31.3 Å². The van der Waals surface area contributed by atoms with Gasteiger partial charge in [0.15, 0.2) is 0 Å². The quantitative estimate of drug-likeness (QED) is 0.909. The Labute approximate surface area is 143 Å². The molecule has 1 aliphatic heterocycles. The van der Waals surface area contributed by atoms with Gasteiger partial charge in [0.25, 0.3) is 0 Å². The van der Waals surface area contributed by atoms with Crippen molar-refractivity contribution in [2.75, 3.05) is 31.6 Å². The molecule has 128 valence electrons. The zero-order chi connectivity index (χ0) is 16.9. The first-order valence-corrected chi connectivity index (χ1v) is 8.86. The number of hydrogen-bond donors (Lipinski definition) is 1. The van der Waals surface area contributed by atoms with E-state index in [2.05, 4.69) is 4.90 Å². The van der Waals surface area contributed by atoms with Gasteiger partial charge in [-0.1, -0.05) is 24.6 Å². The lowest BCUT2D eigenvalue weighted by Crippen LogP contribution is -2.32. The molecule has 1 heterocycles. The first-order chi connectivity index (χ1) is 11.6. The summed E-state index contributed by atoms with van der Waals surface area (Å²) in [5, 5.41) is 11.7. The maximum absolute atomic E-state index is 12.6. The number of amides is 1. The van der Waals surface area contributed by atoms with Crippen molar-refractivity contribution in [3.63, 3.8) is 0 Å². The number of phenolic OH excluding ortho intramolecular Hbond substituents is 1. The molecule has 0 atom stereocenters. The molecule has 4 heteroatoms. The van der Waals surface area contributed by atoms with Crippen molar-refractivity contribution >= 4 is 22.4 Å². The van der Waals surface area contributed by atoms with Crippen LogP contribution in [0.3, 0.4) is 0 Å². The summed E-state index contributed by atoms with van der Waals surface area (Å²) in [6.07, 6.45) is 5.37. The number of fused-ring (bicyclic) bond motifs is 1. The Kier molecular flexibility index (Phi) is 5.36. The van der Waals surface area contributed by atoms with Crippen molar-refractivity contribution in [2.45, 2.75) is 32.1 Å². The van der Waals surface area contributed by atoms with Crippen LogP contribution < -0.4 is 4.90 Å². The molecule has 0 saturated carbocycles. The fourth-order valence-corrected chi connectivity index (χ4v) is 3.48. The molecule has 1 aliphatic rings. The molecule has 1 N–H and O–H groups in total. The molecule has 1 saturated heterocycles. The van der Waals surface area contributed by atoms with Gasteiger partial charge in [-0.2, -0.15) is 0 Å². The van der Waals surface area contributed by atoms with E-state index in [1.54, 1.807) is 17.0 Å². The van der Waals surface area contributed by atoms with Crippen molar-refractivity contribution < 1.29 is 9.90 Å². The Hall–Kier alpha value is -2.07. The van der Waals surface area contributed by atoms with Crippen LogP contribution in [0.25, 0.3) is 10.8 Å². The zero-order valence-corrected chi connectivity index (χ0v) is 14.4. The number of nitrogens with zero attached hydrogens (tertiary/aromatic N) is 2. The molecule has 4 nitrogen and oxygen atoms in total. The molecule has 2 aromatic carbocycles. The van der Waals surface area contributed by atoms with Gasteiger partial charge in [0.05, 0.1) is 5.69 Å². The summed E-state index contributed by atoms with van der Waals surface area (Å²) in [6, 6.07) is 11.2. The number of piperidine rings is 1. The van der Waals surface area contributed by atoms with Gasteiger partial charge in [-0.3, -0.25) is 4.79 Å². The molecule has 1 amide bonds. The van der Waals surface area contributed by atoms with Crippen molar-refractivity contribution in [3.8, 4) is 5.75 Å². The van der Waals surface area contributed by atoms with Gasteiger partial charge >= 0.3 is 0 Å². The van der Waals surface area contributed by atoms with Gasteiger partial charge in [-0.15, -0.1) is 0 Å². The molecule has 0 unspecified atom stereocenters. The van der Waals surface area contributed by atoms with Crippen LogP contribution in [0.15, 0.2) is 36.4 Å². The number of hydrogen-bond acceptors (Lipinski definition) is 3. The molecule has 1 fully saturated rings. The number of likely N-dealkylation sites (tertiary alicyclic amines) is 1. The van der Waals surface area contributed by atoms with Crippen molar-refractivity contribution in [1.82, 2.24) is 4.90 Å². The fraction of sp³-hybridized carbons (Fsp3) is 0.450. The highest BCUT2D eigenvalue weighted by atomic mass is 16.3. The van der Waals surface area contributed by atoms with E-state index >= 15 is 0 Å². The SMILES string of the molecule is CN(C(=O)CCCN1CCCCC1)c1cccc2ccc(O)cc12. The molecule has 3 rings (SSSR count). The van der Waals surface area contributed by atoms with Gasteiger partial charge in [0.2, 0.25) is 5.91 Å². The lowest BCUT2D eigenvalue weighted by Gasteiger charge is -2.26. The van der Waals surface area contributed by atoms with E-state index < -0.39 is 0 Å². The van der Waals surface area contributed by atoms with Crippen LogP contribution in [0.4, 0.5) is 5.69 Å². The van der Waals surface area contributed by atoms with Crippen molar-refractivity contribution in [1.29, 1.82) is 0 Å². The van der Waals surface area contributed by atoms with Crippen LogP contribution in [-0.4, -0.2) is 42.6 Å². The predicted molar refractivity (Wildman–Crippen MR) is 98.5 cm³/mol. The predicted octanol–water partition coefficient (Wildman–Crippen LogP) is 3.77. The van der Waals surface area contributed by atoms with Crippen LogP contribution in [0.5, 0.6) is 5.75 Å². The smallest absolute Gasteiger partial charge is 0.226 e. The van der Waals surface area contributed by atoms with Crippen molar-refractivity contribution in [2.24, 2.45) is 0 Å². The van der Waals surface area contributed by atoms with E-state index in [-0.39, 0.29) is 11.7 Å². The Morgan fingerprint density at radius 1 is 1.17 bits per heavy atom. The molecule has 2 aromatic rings. The zero-order valence-electron chi connectivity index (χ0n) is 14.4. The molecule has 24 heavy (non-hydrogen) atoms. The fourth-order valence-electron chi connectivity index (χ4n) is 3.48. The second-order valence-electron chi connectivity index (χ2n) is 6.64. The second kappa shape index (κ2) is 7.67. The lowest BCUT2D eigenvalue weighted by molar-refractivity contribution is -0.118. The number of carbonyl (C=O) groups is 1. The first kappa shape index (κ1) is 16.8. The van der Waals surface area contributed by atoms with E-state index in [0.29, 0.717) is 6.42 Å². The van der Waals surface area contributed by atoms with E-state index in [9.17, 15) is 9.90 Å². The van der Waals surface area contributed by atoms with Crippen LogP contribution in [0, 0.1) is 0 Å². The van der Waals surface area contributed by atoms with E-state index in [1.165, 1.54) is 32.4 Å². The Balaban J connectivity index is 1.64. The third kappa shape index (κ3) is 3.88. The summed E-state index contributed by atoms with van der Waals surface area (Å²) in [5.74, 6) is 0.351. The number of phenols is 1. The maximum atomic E-state index is 12.6. The molecule has 0 aliphatic carbocycles. The molecule has 0 bridgehead atoms. The summed E-state index contributed by atoms with van der Waals surface area (Å²) in [5.41, 5.74) is 0.853. The summed E-state index contributed by atoms with van der Waals surface area (Å²) >= 11 is 0. The van der Waals surface area contributed by atoms with Gasteiger partial charge in [-0.25, -0.2) is 0 Å². The van der Waals surface area contributed by atoms with Gasteiger partial charge < -0.3 is 14.9 Å². The van der Waals surface area contributed by atoms with E-state index in [0.717, 1.165) is 29.4 Å². The summed E-state index contributed by atoms with van der Waals surface area (Å²) in [4.78, 5) is 16.7. The highest BCUT2D eigenvalue weighted by Gasteiger charge is 2.15. The van der Waals surface area contributed by atoms with Gasteiger partial charge in [-0.05, 0) is 62.5 Å². The molecular weight excluding hydrogens is 300 g/mol. The monoisotopic (exact) mass is 326 g/mol. The standard InChI is InChI=1S/C20H26N2O2/c1-21(20(24)9-6-14-22-12-3-2-4-13-22)19-8-5-7-16-10-11-17(23)15-18(16)19/h5,7-8,10-11,15,23H,2-4,6,9,12-14H2,1H3. The Morgan fingerprint density at radius 2 is 1.96 bits per heavy atom. The first-order valence-electron chi connectivity index (χ1n) is 8.86. The van der Waals surface area contributed by atoms with Gasteiger partial charge in [0.1, 0.15) is 5.75 Å². The molecular formula is C20H26N2O2. The third-order valence-electron chi connectivity index (χ3n) is 4.89. The Bertz CT molecular complexity index is 708. The minimum atomic E-state index is 0.128. The summed E-state index contributed by atoms with van der Waals surface area (Å²) in [7, 11) is 1.82. The van der Waals surface area contributed by atoms with Crippen LogP contribution in [-0.2, 0) is 4.79 Å². The Morgan fingerprint density at radius 3 is 2.75 bits per heavy atom. The van der Waals surface area contributed by atoms with E-state index in [4.69, 9.17) is 0 Å². The van der Waals surface area contributed by atoms with Crippen molar-refractivity contribution in [3.05, 3.63) is 36.4 Å². The maximum Gasteiger partial charge on any atom is 0.226 e. The molecule has 0 radical (unpaired) electrons. The largest absolute Gasteiger partial charge is 0.508 e. The van der Waals surface area contributed by atoms with Crippen LogP contribution in [0.2, 0.25) is 0 Å². The normalized spacial score (nSPS) is 15.5.